The van der Waals surface area contributed by atoms with Crippen molar-refractivity contribution in [2.24, 2.45) is 0 Å². The van der Waals surface area contributed by atoms with E-state index in [2.05, 4.69) is 10.4 Å². The van der Waals surface area contributed by atoms with E-state index < -0.39 is 6.04 Å². The van der Waals surface area contributed by atoms with Crippen molar-refractivity contribution < 1.29 is 4.79 Å². The minimum atomic E-state index is -0.706. The molecule has 142 valence electrons. The van der Waals surface area contributed by atoms with Crippen LogP contribution in [0, 0.1) is 0 Å². The topological polar surface area (TPSA) is 64.0 Å². The second-order valence-corrected chi connectivity index (χ2v) is 7.16. The van der Waals surface area contributed by atoms with Crippen LogP contribution in [0.25, 0.3) is 11.3 Å². The van der Waals surface area contributed by atoms with Crippen molar-refractivity contribution in [2.75, 3.05) is 5.32 Å². The molecule has 0 saturated heterocycles. The Morgan fingerprint density at radius 2 is 1.57 bits per heavy atom. The highest BCUT2D eigenvalue weighted by molar-refractivity contribution is 5.93. The summed E-state index contributed by atoms with van der Waals surface area (Å²) in [4.78, 5) is 25.9. The molecule has 1 aliphatic carbocycles. The third kappa shape index (κ3) is 3.48. The summed E-state index contributed by atoms with van der Waals surface area (Å²) in [6.45, 7) is 1.72. The fourth-order valence-corrected chi connectivity index (χ4v) is 3.72. The van der Waals surface area contributed by atoms with Crippen molar-refractivity contribution in [1.29, 1.82) is 0 Å². The lowest BCUT2D eigenvalue weighted by atomic mass is 9.89. The average molecular weight is 373 g/mol. The first-order valence-electron chi connectivity index (χ1n) is 9.71. The van der Waals surface area contributed by atoms with E-state index in [4.69, 9.17) is 0 Å². The van der Waals surface area contributed by atoms with Gasteiger partial charge in [0.2, 0.25) is 5.91 Å². The van der Waals surface area contributed by atoms with E-state index in [9.17, 15) is 9.59 Å². The molecule has 0 saturated carbocycles. The Morgan fingerprint density at radius 3 is 2.25 bits per heavy atom. The molecule has 0 radical (unpaired) electrons. The zero-order chi connectivity index (χ0) is 19.5. The van der Waals surface area contributed by atoms with Gasteiger partial charge in [0.05, 0.1) is 5.69 Å². The van der Waals surface area contributed by atoms with Crippen molar-refractivity contribution in [1.82, 2.24) is 9.78 Å². The number of para-hydroxylation sites is 1. The van der Waals surface area contributed by atoms with Gasteiger partial charge in [0.25, 0.3) is 5.56 Å². The van der Waals surface area contributed by atoms with E-state index in [1.165, 1.54) is 4.68 Å². The van der Waals surface area contributed by atoms with E-state index in [0.29, 0.717) is 5.69 Å². The summed E-state index contributed by atoms with van der Waals surface area (Å²) in [6, 6.07) is 18.4. The van der Waals surface area contributed by atoms with Crippen LogP contribution in [-0.2, 0) is 17.6 Å². The first-order valence-corrected chi connectivity index (χ1v) is 9.71. The molecule has 0 bridgehead atoms. The van der Waals surface area contributed by atoms with Gasteiger partial charge in [0.1, 0.15) is 6.04 Å². The Kier molecular flexibility index (Phi) is 5.06. The van der Waals surface area contributed by atoms with Crippen LogP contribution < -0.4 is 10.9 Å². The summed E-state index contributed by atoms with van der Waals surface area (Å²) >= 11 is 0. The number of aromatic nitrogens is 2. The smallest absolute Gasteiger partial charge is 0.271 e. The van der Waals surface area contributed by atoms with Crippen LogP contribution in [0.4, 0.5) is 5.69 Å². The second-order valence-electron chi connectivity index (χ2n) is 7.16. The maximum Gasteiger partial charge on any atom is 0.271 e. The Balaban J connectivity index is 1.76. The van der Waals surface area contributed by atoms with Gasteiger partial charge >= 0.3 is 0 Å². The van der Waals surface area contributed by atoms with Gasteiger partial charge in [-0.2, -0.15) is 5.10 Å². The summed E-state index contributed by atoms with van der Waals surface area (Å²) in [5, 5.41) is 7.53. The maximum atomic E-state index is 13.1. The zero-order valence-electron chi connectivity index (χ0n) is 15.9. The number of carbonyl (C=O) groups excluding carboxylic acids is 1. The van der Waals surface area contributed by atoms with Crippen LogP contribution >= 0.6 is 0 Å². The van der Waals surface area contributed by atoms with Crippen molar-refractivity contribution in [3.63, 3.8) is 0 Å². The standard InChI is InChI=1S/C23H23N3O2/c1-16(22(27)24-18-12-6-3-7-13-18)26-23(28)20-15-9-8-14-19(20)21(25-26)17-10-4-2-5-11-17/h2-7,10-13,16H,8-9,14-15H2,1H3,(H,24,27)/t16-/m1/s1. The molecule has 1 aliphatic rings. The van der Waals surface area contributed by atoms with Gasteiger partial charge in [-0.3, -0.25) is 9.59 Å². The predicted molar refractivity (Wildman–Crippen MR) is 110 cm³/mol. The molecular weight excluding hydrogens is 350 g/mol. The quantitative estimate of drug-likeness (QED) is 0.752. The van der Waals surface area contributed by atoms with Crippen molar-refractivity contribution in [2.45, 2.75) is 38.6 Å². The summed E-state index contributed by atoms with van der Waals surface area (Å²) in [7, 11) is 0. The lowest BCUT2D eigenvalue weighted by molar-refractivity contribution is -0.119. The molecule has 5 nitrogen and oxygen atoms in total. The third-order valence-electron chi connectivity index (χ3n) is 5.26. The fourth-order valence-electron chi connectivity index (χ4n) is 3.72. The molecule has 1 heterocycles. The molecule has 1 amide bonds. The number of nitrogens with zero attached hydrogens (tertiary/aromatic N) is 2. The largest absolute Gasteiger partial charge is 0.324 e. The van der Waals surface area contributed by atoms with Gasteiger partial charge in [-0.25, -0.2) is 4.68 Å². The molecule has 5 heteroatoms. The number of anilines is 1. The summed E-state index contributed by atoms with van der Waals surface area (Å²) in [5.41, 5.74) is 4.19. The van der Waals surface area contributed by atoms with Crippen molar-refractivity contribution in [3.05, 3.63) is 82.1 Å². The van der Waals surface area contributed by atoms with Crippen molar-refractivity contribution >= 4 is 11.6 Å². The van der Waals surface area contributed by atoms with E-state index >= 15 is 0 Å². The number of hydrogen-bond acceptors (Lipinski definition) is 3. The number of hydrogen-bond donors (Lipinski definition) is 1. The molecule has 4 rings (SSSR count). The molecule has 0 fully saturated rings. The lowest BCUT2D eigenvalue weighted by Crippen LogP contribution is -2.37. The number of carbonyl (C=O) groups is 1. The molecule has 1 aromatic heterocycles. The van der Waals surface area contributed by atoms with E-state index in [1.807, 2.05) is 60.7 Å². The average Bonchev–Trinajstić information content (AvgIpc) is 2.75. The van der Waals surface area contributed by atoms with Crippen LogP contribution in [0.3, 0.4) is 0 Å². The van der Waals surface area contributed by atoms with Gasteiger partial charge in [-0.1, -0.05) is 48.5 Å². The SMILES string of the molecule is C[C@H](C(=O)Nc1ccccc1)n1nc(-c2ccccc2)c2c(c1=O)CCCC2. The van der Waals surface area contributed by atoms with Crippen LogP contribution in [0.5, 0.6) is 0 Å². The molecule has 0 spiro atoms. The Hall–Kier alpha value is -3.21. The number of nitrogens with one attached hydrogen (secondary N) is 1. The Bertz CT molecular complexity index is 1040. The van der Waals surface area contributed by atoms with Crippen LogP contribution in [0.1, 0.15) is 36.9 Å². The minimum Gasteiger partial charge on any atom is -0.324 e. The zero-order valence-corrected chi connectivity index (χ0v) is 15.9. The third-order valence-corrected chi connectivity index (χ3v) is 5.26. The first-order chi connectivity index (χ1) is 13.6. The van der Waals surface area contributed by atoms with Gasteiger partial charge in [-0.05, 0) is 50.3 Å². The monoisotopic (exact) mass is 373 g/mol. The van der Waals surface area contributed by atoms with Gasteiger partial charge in [-0.15, -0.1) is 0 Å². The van der Waals surface area contributed by atoms with E-state index in [1.54, 1.807) is 6.92 Å². The van der Waals surface area contributed by atoms with Gasteiger partial charge in [0.15, 0.2) is 0 Å². The summed E-state index contributed by atoms with van der Waals surface area (Å²) in [6.07, 6.45) is 3.64. The van der Waals surface area contributed by atoms with Gasteiger partial charge < -0.3 is 5.32 Å². The molecule has 0 aliphatic heterocycles. The maximum absolute atomic E-state index is 13.1. The Labute approximate surface area is 164 Å². The number of benzene rings is 2. The molecule has 28 heavy (non-hydrogen) atoms. The molecular formula is C23H23N3O2. The number of rotatable bonds is 4. The molecule has 1 atom stereocenters. The van der Waals surface area contributed by atoms with E-state index in [0.717, 1.165) is 48.1 Å². The van der Waals surface area contributed by atoms with Crippen LogP contribution in [0.15, 0.2) is 65.5 Å². The first kappa shape index (κ1) is 18.2. The molecule has 1 N–H and O–H groups in total. The normalized spacial score (nSPS) is 14.2. The van der Waals surface area contributed by atoms with Crippen molar-refractivity contribution in [3.8, 4) is 11.3 Å². The number of fused-ring (bicyclic) bond motifs is 1. The molecule has 3 aromatic rings. The lowest BCUT2D eigenvalue weighted by Gasteiger charge is -2.22. The second kappa shape index (κ2) is 7.80. The Morgan fingerprint density at radius 1 is 0.964 bits per heavy atom. The molecule has 0 unspecified atom stereocenters. The highest BCUT2D eigenvalue weighted by Gasteiger charge is 2.25. The van der Waals surface area contributed by atoms with E-state index in [-0.39, 0.29) is 11.5 Å². The summed E-state index contributed by atoms with van der Waals surface area (Å²) < 4.78 is 1.35. The molecule has 2 aromatic carbocycles. The van der Waals surface area contributed by atoms with Crippen LogP contribution in [0.2, 0.25) is 0 Å². The highest BCUT2D eigenvalue weighted by atomic mass is 16.2. The fraction of sp³-hybridized carbons (Fsp3) is 0.261. The summed E-state index contributed by atoms with van der Waals surface area (Å²) in [5.74, 6) is -0.254. The van der Waals surface area contributed by atoms with Gasteiger partial charge in [0, 0.05) is 16.8 Å². The highest BCUT2D eigenvalue weighted by Crippen LogP contribution is 2.28. The van der Waals surface area contributed by atoms with Crippen LogP contribution in [-0.4, -0.2) is 15.7 Å². The number of amides is 1. The minimum absolute atomic E-state index is 0.148. The predicted octanol–water partition coefficient (Wildman–Crippen LogP) is 3.99.